The molecular formula is C12H18BrN3O. The number of aryl methyl sites for hydroxylation is 1. The summed E-state index contributed by atoms with van der Waals surface area (Å²) in [5.41, 5.74) is 6.69. The summed E-state index contributed by atoms with van der Waals surface area (Å²) >= 11 is 3.41. The standard InChI is InChI=1S/C12H18BrN3O/c1-3-15-6-9(13)4-11(15)12(17)16-5-8(2)10(14)7-16/h4,6,8,10H,3,5,7,14H2,1-2H3. The van der Waals surface area contributed by atoms with Gasteiger partial charge in [0.15, 0.2) is 0 Å². The van der Waals surface area contributed by atoms with Crippen LogP contribution in [0, 0.1) is 5.92 Å². The molecule has 2 rings (SSSR count). The van der Waals surface area contributed by atoms with E-state index in [2.05, 4.69) is 22.9 Å². The minimum atomic E-state index is 0.0809. The number of aromatic nitrogens is 1. The second-order valence-corrected chi connectivity index (χ2v) is 5.60. The van der Waals surface area contributed by atoms with Crippen LogP contribution in [0.5, 0.6) is 0 Å². The van der Waals surface area contributed by atoms with Gasteiger partial charge in [-0.25, -0.2) is 0 Å². The van der Waals surface area contributed by atoms with E-state index in [0.29, 0.717) is 12.5 Å². The largest absolute Gasteiger partial charge is 0.343 e. The third-order valence-corrected chi connectivity index (χ3v) is 3.81. The maximum Gasteiger partial charge on any atom is 0.270 e. The summed E-state index contributed by atoms with van der Waals surface area (Å²) in [5, 5.41) is 0. The lowest BCUT2D eigenvalue weighted by molar-refractivity contribution is 0.0776. The zero-order valence-electron chi connectivity index (χ0n) is 10.2. The number of carbonyl (C=O) groups excluding carboxylic acids is 1. The normalized spacial score (nSPS) is 24.4. The first kappa shape index (κ1) is 12.6. The highest BCUT2D eigenvalue weighted by Crippen LogP contribution is 2.21. The lowest BCUT2D eigenvalue weighted by atomic mass is 10.1. The Morgan fingerprint density at radius 1 is 1.59 bits per heavy atom. The van der Waals surface area contributed by atoms with E-state index < -0.39 is 0 Å². The first-order valence-corrected chi connectivity index (χ1v) is 6.72. The Labute approximate surface area is 110 Å². The van der Waals surface area contributed by atoms with Crippen molar-refractivity contribution >= 4 is 21.8 Å². The third-order valence-electron chi connectivity index (χ3n) is 3.38. The highest BCUT2D eigenvalue weighted by molar-refractivity contribution is 9.10. The summed E-state index contributed by atoms with van der Waals surface area (Å²) in [6.45, 7) is 6.33. The second-order valence-electron chi connectivity index (χ2n) is 4.68. The maximum absolute atomic E-state index is 12.4. The molecule has 2 atom stereocenters. The molecule has 1 aliphatic heterocycles. The Morgan fingerprint density at radius 3 is 2.82 bits per heavy atom. The minimum Gasteiger partial charge on any atom is -0.343 e. The van der Waals surface area contributed by atoms with Crippen molar-refractivity contribution in [2.75, 3.05) is 13.1 Å². The SMILES string of the molecule is CCn1cc(Br)cc1C(=O)N1CC(C)C(N)C1. The van der Waals surface area contributed by atoms with Crippen molar-refractivity contribution in [1.29, 1.82) is 0 Å². The topological polar surface area (TPSA) is 51.3 Å². The van der Waals surface area contributed by atoms with E-state index in [1.165, 1.54) is 0 Å². The molecule has 1 amide bonds. The van der Waals surface area contributed by atoms with Gasteiger partial charge in [0, 0.05) is 36.3 Å². The first-order valence-electron chi connectivity index (χ1n) is 5.93. The molecule has 1 aromatic heterocycles. The van der Waals surface area contributed by atoms with Gasteiger partial charge in [-0.3, -0.25) is 4.79 Å². The van der Waals surface area contributed by atoms with Crippen molar-refractivity contribution in [3.05, 3.63) is 22.4 Å². The van der Waals surface area contributed by atoms with Gasteiger partial charge >= 0.3 is 0 Å². The van der Waals surface area contributed by atoms with Gasteiger partial charge in [0.05, 0.1) is 0 Å². The average Bonchev–Trinajstić information content (AvgIpc) is 2.82. The summed E-state index contributed by atoms with van der Waals surface area (Å²) < 4.78 is 2.90. The van der Waals surface area contributed by atoms with Crippen LogP contribution in [0.3, 0.4) is 0 Å². The van der Waals surface area contributed by atoms with Crippen LogP contribution in [0.25, 0.3) is 0 Å². The highest BCUT2D eigenvalue weighted by Gasteiger charge is 2.31. The van der Waals surface area contributed by atoms with Crippen LogP contribution in [0.2, 0.25) is 0 Å². The molecule has 4 nitrogen and oxygen atoms in total. The van der Waals surface area contributed by atoms with E-state index in [0.717, 1.165) is 23.3 Å². The lowest BCUT2D eigenvalue weighted by Gasteiger charge is -2.16. The van der Waals surface area contributed by atoms with Gasteiger partial charge in [-0.1, -0.05) is 6.92 Å². The number of carbonyl (C=O) groups is 1. The number of rotatable bonds is 2. The van der Waals surface area contributed by atoms with E-state index in [-0.39, 0.29) is 11.9 Å². The van der Waals surface area contributed by atoms with Crippen LogP contribution < -0.4 is 5.73 Å². The molecule has 0 aliphatic carbocycles. The van der Waals surface area contributed by atoms with Crippen LogP contribution in [0.1, 0.15) is 24.3 Å². The number of halogens is 1. The predicted molar refractivity (Wildman–Crippen MR) is 70.8 cm³/mol. The molecule has 2 unspecified atom stereocenters. The van der Waals surface area contributed by atoms with Gasteiger partial charge in [0.2, 0.25) is 0 Å². The van der Waals surface area contributed by atoms with Crippen LogP contribution in [-0.2, 0) is 6.54 Å². The Kier molecular flexibility index (Phi) is 3.58. The highest BCUT2D eigenvalue weighted by atomic mass is 79.9. The Balaban J connectivity index is 2.20. The van der Waals surface area contributed by atoms with Crippen LogP contribution in [-0.4, -0.2) is 34.5 Å². The maximum atomic E-state index is 12.4. The molecule has 5 heteroatoms. The van der Waals surface area contributed by atoms with Crippen molar-refractivity contribution in [2.45, 2.75) is 26.4 Å². The molecule has 1 aliphatic rings. The predicted octanol–water partition coefficient (Wildman–Crippen LogP) is 1.69. The fourth-order valence-electron chi connectivity index (χ4n) is 2.24. The molecule has 0 bridgehead atoms. The van der Waals surface area contributed by atoms with Crippen molar-refractivity contribution in [3.63, 3.8) is 0 Å². The summed E-state index contributed by atoms with van der Waals surface area (Å²) in [4.78, 5) is 14.2. The molecule has 2 heterocycles. The van der Waals surface area contributed by atoms with Gasteiger partial charge in [-0.05, 0) is 34.8 Å². The molecular weight excluding hydrogens is 282 g/mol. The molecule has 0 spiro atoms. The number of hydrogen-bond acceptors (Lipinski definition) is 2. The van der Waals surface area contributed by atoms with Crippen molar-refractivity contribution in [3.8, 4) is 0 Å². The van der Waals surface area contributed by atoms with Crippen molar-refractivity contribution in [1.82, 2.24) is 9.47 Å². The molecule has 2 N–H and O–H groups in total. The third kappa shape index (κ3) is 2.40. The lowest BCUT2D eigenvalue weighted by Crippen LogP contribution is -2.33. The quantitative estimate of drug-likeness (QED) is 0.903. The number of nitrogens with zero attached hydrogens (tertiary/aromatic N) is 2. The number of nitrogens with two attached hydrogens (primary N) is 1. The zero-order chi connectivity index (χ0) is 12.6. The van der Waals surface area contributed by atoms with E-state index >= 15 is 0 Å². The average molecular weight is 300 g/mol. The fraction of sp³-hybridized carbons (Fsp3) is 0.583. The van der Waals surface area contributed by atoms with Gasteiger partial charge in [-0.15, -0.1) is 0 Å². The van der Waals surface area contributed by atoms with Gasteiger partial charge in [-0.2, -0.15) is 0 Å². The van der Waals surface area contributed by atoms with Gasteiger partial charge in [0.25, 0.3) is 5.91 Å². The van der Waals surface area contributed by atoms with Crippen molar-refractivity contribution in [2.24, 2.45) is 11.7 Å². The molecule has 0 saturated carbocycles. The molecule has 1 aromatic rings. The summed E-state index contributed by atoms with van der Waals surface area (Å²) in [6, 6.07) is 1.98. The fourth-order valence-corrected chi connectivity index (χ4v) is 2.70. The van der Waals surface area contributed by atoms with Crippen LogP contribution >= 0.6 is 15.9 Å². The van der Waals surface area contributed by atoms with Gasteiger partial charge in [0.1, 0.15) is 5.69 Å². The van der Waals surface area contributed by atoms with E-state index in [4.69, 9.17) is 5.73 Å². The number of hydrogen-bond donors (Lipinski definition) is 1. The minimum absolute atomic E-state index is 0.0809. The number of amides is 1. The van der Waals surface area contributed by atoms with E-state index in [1.807, 2.05) is 28.7 Å². The molecule has 94 valence electrons. The molecule has 0 radical (unpaired) electrons. The summed E-state index contributed by atoms with van der Waals surface area (Å²) in [5.74, 6) is 0.463. The Bertz CT molecular complexity index is 419. The molecule has 1 saturated heterocycles. The molecule has 1 fully saturated rings. The van der Waals surface area contributed by atoms with Crippen LogP contribution in [0.4, 0.5) is 0 Å². The van der Waals surface area contributed by atoms with E-state index in [9.17, 15) is 4.79 Å². The Hall–Kier alpha value is -0.810. The summed E-state index contributed by atoms with van der Waals surface area (Å²) in [6.07, 6.45) is 1.94. The van der Waals surface area contributed by atoms with Gasteiger partial charge < -0.3 is 15.2 Å². The number of likely N-dealkylation sites (tertiary alicyclic amines) is 1. The monoisotopic (exact) mass is 299 g/mol. The first-order chi connectivity index (χ1) is 8.02. The van der Waals surface area contributed by atoms with Crippen molar-refractivity contribution < 1.29 is 4.79 Å². The second kappa shape index (κ2) is 4.82. The van der Waals surface area contributed by atoms with E-state index in [1.54, 1.807) is 0 Å². The Morgan fingerprint density at radius 2 is 2.29 bits per heavy atom. The summed E-state index contributed by atoms with van der Waals surface area (Å²) in [7, 11) is 0. The molecule has 0 aromatic carbocycles. The van der Waals surface area contributed by atoms with Crippen LogP contribution in [0.15, 0.2) is 16.7 Å². The zero-order valence-corrected chi connectivity index (χ0v) is 11.8. The smallest absolute Gasteiger partial charge is 0.270 e. The molecule has 17 heavy (non-hydrogen) atoms.